The Morgan fingerprint density at radius 1 is 1.23 bits per heavy atom. The van der Waals surface area contributed by atoms with Gasteiger partial charge >= 0.3 is 7.75 Å². The summed E-state index contributed by atoms with van der Waals surface area (Å²) < 4.78 is 11.1. The van der Waals surface area contributed by atoms with E-state index in [-0.39, 0.29) is 17.2 Å². The van der Waals surface area contributed by atoms with Crippen molar-refractivity contribution in [2.24, 2.45) is 0 Å². The monoisotopic (exact) mass is 323 g/mol. The minimum Gasteiger partial charge on any atom is -0.508 e. The molecule has 6 nitrogen and oxygen atoms in total. The number of ketones is 1. The van der Waals surface area contributed by atoms with Gasteiger partial charge in [0, 0.05) is 17.7 Å². The summed E-state index contributed by atoms with van der Waals surface area (Å²) in [6.07, 6.45) is 5.04. The van der Waals surface area contributed by atoms with Crippen molar-refractivity contribution in [2.75, 3.05) is 0 Å². The molecule has 0 bridgehead atoms. The topological polar surface area (TPSA) is 107 Å². The molecule has 0 aromatic heterocycles. The van der Waals surface area contributed by atoms with Crippen molar-refractivity contribution in [3.8, 4) is 5.75 Å². The fraction of sp³-hybridized carbons (Fsp3) is 0.267. The summed E-state index contributed by atoms with van der Waals surface area (Å²) >= 11 is 0. The van der Waals surface area contributed by atoms with Crippen LogP contribution < -0.4 is 5.09 Å². The molecule has 0 saturated heterocycles. The second-order valence-electron chi connectivity index (χ2n) is 5.11. The predicted octanol–water partition coefficient (Wildman–Crippen LogP) is 2.18. The summed E-state index contributed by atoms with van der Waals surface area (Å²) in [5, 5.41) is 11.5. The molecule has 0 fully saturated rings. The Morgan fingerprint density at radius 3 is 2.68 bits per heavy atom. The second kappa shape index (κ2) is 6.92. The van der Waals surface area contributed by atoms with Crippen molar-refractivity contribution in [3.63, 3.8) is 0 Å². The number of phenols is 1. The highest BCUT2D eigenvalue weighted by molar-refractivity contribution is 7.49. The van der Waals surface area contributed by atoms with Crippen LogP contribution in [0.25, 0.3) is 0 Å². The Bertz CT molecular complexity index is 674. The number of phenolic OH excluding ortho intramolecular Hbond substituents is 1. The maximum atomic E-state index is 11.9. The number of nitrogens with one attached hydrogen (secondary N) is 1. The van der Waals surface area contributed by atoms with E-state index >= 15 is 0 Å². The van der Waals surface area contributed by atoms with Crippen LogP contribution in [0.5, 0.6) is 5.75 Å². The van der Waals surface area contributed by atoms with Crippen LogP contribution in [-0.4, -0.2) is 20.7 Å². The van der Waals surface area contributed by atoms with Crippen molar-refractivity contribution < 1.29 is 24.3 Å². The van der Waals surface area contributed by atoms with Crippen molar-refractivity contribution in [2.45, 2.75) is 25.7 Å². The number of carbonyl (C=O) groups is 1. The van der Waals surface area contributed by atoms with E-state index in [1.54, 1.807) is 24.3 Å². The van der Waals surface area contributed by atoms with E-state index in [9.17, 15) is 14.5 Å². The Morgan fingerprint density at radius 2 is 2.00 bits per heavy atom. The predicted molar refractivity (Wildman–Crippen MR) is 82.0 cm³/mol. The van der Waals surface area contributed by atoms with Crippen molar-refractivity contribution in [1.29, 1.82) is 0 Å². The van der Waals surface area contributed by atoms with Gasteiger partial charge in [-0.1, -0.05) is 18.2 Å². The number of carbonyl (C=O) groups excluding carboxylic acids is 1. The Labute approximate surface area is 128 Å². The molecule has 1 aromatic carbocycles. The van der Waals surface area contributed by atoms with E-state index in [4.69, 9.17) is 9.79 Å². The lowest BCUT2D eigenvalue weighted by molar-refractivity contribution is -0.111. The molecule has 0 aliphatic heterocycles. The van der Waals surface area contributed by atoms with Gasteiger partial charge < -0.3 is 14.9 Å². The number of benzene rings is 1. The van der Waals surface area contributed by atoms with Gasteiger partial charge in [-0.15, -0.1) is 0 Å². The molecule has 0 heterocycles. The molecule has 0 amide bonds. The molecule has 4 N–H and O–H groups in total. The van der Waals surface area contributed by atoms with E-state index in [1.807, 2.05) is 6.07 Å². The van der Waals surface area contributed by atoms with Gasteiger partial charge in [0.1, 0.15) is 5.75 Å². The lowest BCUT2D eigenvalue weighted by atomic mass is 9.95. The van der Waals surface area contributed by atoms with Gasteiger partial charge in [0.05, 0.1) is 0 Å². The molecular formula is C15H18NO5P. The fourth-order valence-electron chi connectivity index (χ4n) is 2.40. The van der Waals surface area contributed by atoms with E-state index in [1.165, 1.54) is 6.08 Å². The Hall–Kier alpha value is -1.88. The van der Waals surface area contributed by atoms with E-state index < -0.39 is 7.75 Å². The number of aryl methyl sites for hydroxylation is 1. The van der Waals surface area contributed by atoms with Crippen LogP contribution in [0.1, 0.15) is 24.8 Å². The number of hydrogen-bond acceptors (Lipinski definition) is 3. The third-order valence-electron chi connectivity index (χ3n) is 3.34. The van der Waals surface area contributed by atoms with Crippen LogP contribution in [0.4, 0.5) is 0 Å². The zero-order valence-corrected chi connectivity index (χ0v) is 12.8. The van der Waals surface area contributed by atoms with Gasteiger partial charge in [-0.2, -0.15) is 0 Å². The summed E-state index contributed by atoms with van der Waals surface area (Å²) in [5.41, 5.74) is 1.65. The van der Waals surface area contributed by atoms with E-state index in [0.717, 1.165) is 5.56 Å². The minimum atomic E-state index is -4.42. The first-order valence-electron chi connectivity index (χ1n) is 6.90. The quantitative estimate of drug-likeness (QED) is 0.598. The fourth-order valence-corrected chi connectivity index (χ4v) is 2.98. The molecule has 1 aliphatic carbocycles. The molecule has 0 unspecified atom stereocenters. The van der Waals surface area contributed by atoms with Crippen LogP contribution >= 0.6 is 7.75 Å². The SMILES string of the molecule is O=C1C=CCC(NP(=O)(O)O)=C1CCCc1cccc(O)c1. The molecule has 0 radical (unpaired) electrons. The zero-order valence-electron chi connectivity index (χ0n) is 11.9. The van der Waals surface area contributed by atoms with Crippen LogP contribution in [0.15, 0.2) is 47.7 Å². The lowest BCUT2D eigenvalue weighted by Crippen LogP contribution is -2.18. The molecule has 1 aliphatic rings. The molecule has 2 rings (SSSR count). The summed E-state index contributed by atoms with van der Waals surface area (Å²) in [5.74, 6) is -0.0321. The molecule has 118 valence electrons. The molecule has 0 atom stereocenters. The number of aromatic hydroxyl groups is 1. The Balaban J connectivity index is 2.04. The normalized spacial score (nSPS) is 15.3. The summed E-state index contributed by atoms with van der Waals surface area (Å²) in [7, 11) is -4.42. The number of hydrogen-bond donors (Lipinski definition) is 4. The third kappa shape index (κ3) is 4.84. The maximum absolute atomic E-state index is 11.9. The molecule has 7 heteroatoms. The molecule has 22 heavy (non-hydrogen) atoms. The molecule has 1 aromatic rings. The van der Waals surface area contributed by atoms with Crippen molar-refractivity contribution in [3.05, 3.63) is 53.3 Å². The average molecular weight is 323 g/mol. The van der Waals surface area contributed by atoms with Gasteiger partial charge in [-0.25, -0.2) is 4.57 Å². The Kier molecular flexibility index (Phi) is 5.19. The third-order valence-corrected chi connectivity index (χ3v) is 3.90. The van der Waals surface area contributed by atoms with Gasteiger partial charge in [0.2, 0.25) is 0 Å². The van der Waals surface area contributed by atoms with Gasteiger partial charge in [0.25, 0.3) is 0 Å². The first kappa shape index (κ1) is 16.5. The minimum absolute atomic E-state index is 0.192. The van der Waals surface area contributed by atoms with Crippen LogP contribution in [-0.2, 0) is 15.8 Å². The highest BCUT2D eigenvalue weighted by Crippen LogP contribution is 2.34. The molecule has 0 spiro atoms. The lowest BCUT2D eigenvalue weighted by Gasteiger charge is -2.18. The van der Waals surface area contributed by atoms with Crippen LogP contribution in [0.2, 0.25) is 0 Å². The summed E-state index contributed by atoms with van der Waals surface area (Å²) in [4.78, 5) is 29.9. The first-order chi connectivity index (χ1) is 10.3. The zero-order chi connectivity index (χ0) is 16.2. The number of rotatable bonds is 6. The largest absolute Gasteiger partial charge is 0.508 e. The summed E-state index contributed by atoms with van der Waals surface area (Å²) in [6, 6.07) is 6.88. The van der Waals surface area contributed by atoms with Gasteiger partial charge in [-0.3, -0.25) is 9.88 Å². The smallest absolute Gasteiger partial charge is 0.427 e. The van der Waals surface area contributed by atoms with Crippen molar-refractivity contribution in [1.82, 2.24) is 5.09 Å². The van der Waals surface area contributed by atoms with Gasteiger partial charge in [-0.05, 0) is 43.0 Å². The molecule has 0 saturated carbocycles. The van der Waals surface area contributed by atoms with E-state index in [0.29, 0.717) is 31.3 Å². The average Bonchev–Trinajstić information content (AvgIpc) is 2.40. The van der Waals surface area contributed by atoms with Gasteiger partial charge in [0.15, 0.2) is 5.78 Å². The summed E-state index contributed by atoms with van der Waals surface area (Å²) in [6.45, 7) is 0. The highest BCUT2D eigenvalue weighted by atomic mass is 31.2. The van der Waals surface area contributed by atoms with Crippen molar-refractivity contribution >= 4 is 13.5 Å². The number of allylic oxidation sites excluding steroid dienone is 3. The maximum Gasteiger partial charge on any atom is 0.427 e. The molecular weight excluding hydrogens is 305 g/mol. The first-order valence-corrected chi connectivity index (χ1v) is 8.51. The van der Waals surface area contributed by atoms with E-state index in [2.05, 4.69) is 5.09 Å². The highest BCUT2D eigenvalue weighted by Gasteiger charge is 2.21. The standard InChI is InChI=1S/C15H18NO5P/c17-12-6-1-4-11(10-12)5-2-7-13-14(16-22(19,20)21)8-3-9-15(13)18/h1,3-4,6,9-10,17H,2,5,7-8H2,(H3,16,19,20,21). The second-order valence-corrected chi connectivity index (χ2v) is 6.42. The van der Waals surface area contributed by atoms with Crippen LogP contribution in [0.3, 0.4) is 0 Å². The van der Waals surface area contributed by atoms with Crippen LogP contribution in [0, 0.1) is 0 Å².